The van der Waals surface area contributed by atoms with Gasteiger partial charge in [0.15, 0.2) is 0 Å². The van der Waals surface area contributed by atoms with Crippen molar-refractivity contribution in [2.24, 2.45) is 0 Å². The molecule has 0 aromatic carbocycles. The Bertz CT molecular complexity index is 85.3. The van der Waals surface area contributed by atoms with Gasteiger partial charge in [-0.25, -0.2) is 4.57 Å². The summed E-state index contributed by atoms with van der Waals surface area (Å²) in [7, 11) is -3.20. The topological polar surface area (TPSA) is 66.8 Å². The van der Waals surface area contributed by atoms with Crippen LogP contribution in [-0.2, 0) is 9.09 Å². The van der Waals surface area contributed by atoms with Crippen molar-refractivity contribution >= 4 is 7.82 Å². The molecule has 0 rings (SSSR count). The summed E-state index contributed by atoms with van der Waals surface area (Å²) in [5.74, 6) is 0. The predicted octanol–water partition coefficient (Wildman–Crippen LogP) is -6.04. The first-order valence-corrected chi connectivity index (χ1v) is 2.70. The maximum absolute atomic E-state index is 9.47. The van der Waals surface area contributed by atoms with E-state index in [1.807, 2.05) is 0 Å². The molecule has 0 aliphatic rings. The zero-order valence-corrected chi connectivity index (χ0v) is 10.1. The van der Waals surface area contributed by atoms with E-state index in [9.17, 15) is 4.57 Å². The maximum Gasteiger partial charge on any atom is 1.00 e. The molecule has 0 bridgehead atoms. The minimum absolute atomic E-state index is 0. The van der Waals surface area contributed by atoms with E-state index in [1.54, 1.807) is 0 Å². The van der Waals surface area contributed by atoms with Gasteiger partial charge in [-0.15, -0.1) is 0 Å². The van der Waals surface area contributed by atoms with Gasteiger partial charge in [-0.1, -0.05) is 0 Å². The van der Waals surface area contributed by atoms with Crippen LogP contribution in [0.1, 0.15) is 2.85 Å². The van der Waals surface area contributed by atoms with Crippen molar-refractivity contribution in [1.29, 1.82) is 0 Å². The first-order chi connectivity index (χ1) is 2.56. The molecule has 0 aliphatic carbocycles. The molecule has 0 spiro atoms. The fourth-order valence-corrected chi connectivity index (χ4v) is 0. The van der Waals surface area contributed by atoms with Crippen LogP contribution in [0.25, 0.3) is 0 Å². The van der Waals surface area contributed by atoms with Crippen molar-refractivity contribution in [2.75, 3.05) is 7.11 Å². The van der Waals surface area contributed by atoms with Crippen LogP contribution >= 0.6 is 7.82 Å². The van der Waals surface area contributed by atoms with Crippen LogP contribution in [0.4, 0.5) is 0 Å². The smallest absolute Gasteiger partial charge is 1.00 e. The van der Waals surface area contributed by atoms with E-state index in [1.165, 1.54) is 0 Å². The molecule has 0 saturated heterocycles. The number of phosphoric ester groups is 1. The van der Waals surface area contributed by atoms with Gasteiger partial charge in [0, 0.05) is 7.11 Å². The summed E-state index contributed by atoms with van der Waals surface area (Å²) in [5.41, 5.74) is 0. The Kier molecular flexibility index (Phi) is 15.0. The molecule has 0 amide bonds. The monoisotopic (exact) mass is 160 g/mol. The van der Waals surface area contributed by atoms with Gasteiger partial charge in [0.25, 0.3) is 0 Å². The van der Waals surface area contributed by atoms with Gasteiger partial charge in [-0.05, 0) is 0 Å². The van der Waals surface area contributed by atoms with Gasteiger partial charge >= 0.3 is 66.9 Å². The molecule has 8 heavy (non-hydrogen) atoms. The summed E-state index contributed by atoms with van der Waals surface area (Å²) >= 11 is 0. The van der Waals surface area contributed by atoms with Crippen molar-refractivity contribution in [1.82, 2.24) is 0 Å². The molecule has 0 aliphatic heterocycles. The van der Waals surface area contributed by atoms with E-state index in [4.69, 9.17) is 9.79 Å². The zero-order chi connectivity index (χ0) is 5.21. The minimum atomic E-state index is -4.15. The average Bonchev–Trinajstić information content (AvgIpc) is 1.35. The van der Waals surface area contributed by atoms with Crippen LogP contribution in [0.15, 0.2) is 0 Å². The molecule has 0 heterocycles. The summed E-state index contributed by atoms with van der Waals surface area (Å²) in [5, 5.41) is 0. The second-order valence-corrected chi connectivity index (χ2v) is 2.02. The standard InChI is InChI=1S/CH5O4P.2Na.2H/c1-5-6(2,3)4;;;;/h1H3,(H2,2,3,4);;;;/q;2*+1;2*-1. The molecular formula is CH7Na2O4P. The van der Waals surface area contributed by atoms with E-state index in [2.05, 4.69) is 4.52 Å². The number of hydrogen-bond donors (Lipinski definition) is 2. The summed E-state index contributed by atoms with van der Waals surface area (Å²) in [6.45, 7) is 0. The normalized spacial score (nSPS) is 8.88. The molecule has 0 aromatic heterocycles. The summed E-state index contributed by atoms with van der Waals surface area (Å²) in [6.07, 6.45) is 0. The molecule has 7 heteroatoms. The van der Waals surface area contributed by atoms with Crippen LogP contribution < -0.4 is 59.1 Å². The molecular weight excluding hydrogens is 153 g/mol. The minimum Gasteiger partial charge on any atom is -1.00 e. The van der Waals surface area contributed by atoms with Crippen LogP contribution in [-0.4, -0.2) is 16.9 Å². The molecule has 2 N–H and O–H groups in total. The Hall–Kier alpha value is 2.11. The van der Waals surface area contributed by atoms with Gasteiger partial charge in [0.2, 0.25) is 0 Å². The molecule has 0 aromatic rings. The molecule has 0 fully saturated rings. The quantitative estimate of drug-likeness (QED) is 0.296. The fraction of sp³-hybridized carbons (Fsp3) is 1.00. The third-order valence-electron chi connectivity index (χ3n) is 0.238. The molecule has 0 saturated carbocycles. The van der Waals surface area contributed by atoms with Crippen LogP contribution in [0.3, 0.4) is 0 Å². The van der Waals surface area contributed by atoms with Crippen LogP contribution in [0, 0.1) is 0 Å². The van der Waals surface area contributed by atoms with Gasteiger partial charge in [-0.3, -0.25) is 4.52 Å². The summed E-state index contributed by atoms with van der Waals surface area (Å²) in [4.78, 5) is 15.4. The molecule has 4 nitrogen and oxygen atoms in total. The molecule has 0 unspecified atom stereocenters. The number of hydrogen-bond acceptors (Lipinski definition) is 2. The first-order valence-electron chi connectivity index (χ1n) is 1.17. The van der Waals surface area contributed by atoms with Crippen molar-refractivity contribution in [3.8, 4) is 0 Å². The maximum atomic E-state index is 9.47. The largest absolute Gasteiger partial charge is 1.00 e. The SMILES string of the molecule is COP(=O)(O)O.[H-].[H-].[Na+].[Na+]. The average molecular weight is 160 g/mol. The Balaban J connectivity index is -0.0000000208. The first kappa shape index (κ1) is 16.6. The van der Waals surface area contributed by atoms with Crippen LogP contribution in [0.2, 0.25) is 0 Å². The van der Waals surface area contributed by atoms with E-state index in [0.717, 1.165) is 7.11 Å². The van der Waals surface area contributed by atoms with Gasteiger partial charge in [0.05, 0.1) is 0 Å². The van der Waals surface area contributed by atoms with Gasteiger partial charge < -0.3 is 12.6 Å². The molecule has 42 valence electrons. The third-order valence-corrected chi connectivity index (χ3v) is 0.714. The second-order valence-electron chi connectivity index (χ2n) is 0.673. The Morgan fingerprint density at radius 3 is 1.62 bits per heavy atom. The van der Waals surface area contributed by atoms with Crippen molar-refractivity contribution in [3.05, 3.63) is 0 Å². The Labute approximate surface area is 94.8 Å². The van der Waals surface area contributed by atoms with Gasteiger partial charge in [0.1, 0.15) is 0 Å². The number of phosphoric acid groups is 1. The summed E-state index contributed by atoms with van der Waals surface area (Å²) in [6, 6.07) is 0. The number of rotatable bonds is 1. The van der Waals surface area contributed by atoms with Crippen molar-refractivity contribution in [3.63, 3.8) is 0 Å². The molecule has 0 atom stereocenters. The summed E-state index contributed by atoms with van der Waals surface area (Å²) < 4.78 is 13.1. The van der Waals surface area contributed by atoms with Crippen LogP contribution in [0.5, 0.6) is 0 Å². The van der Waals surface area contributed by atoms with E-state index in [0.29, 0.717) is 0 Å². The second kappa shape index (κ2) is 7.22. The molecule has 0 radical (unpaired) electrons. The van der Waals surface area contributed by atoms with Crippen molar-refractivity contribution in [2.45, 2.75) is 0 Å². The van der Waals surface area contributed by atoms with E-state index >= 15 is 0 Å². The van der Waals surface area contributed by atoms with Gasteiger partial charge in [-0.2, -0.15) is 0 Å². The van der Waals surface area contributed by atoms with Crippen molar-refractivity contribution < 1.29 is 80.8 Å². The Morgan fingerprint density at radius 1 is 1.50 bits per heavy atom. The predicted molar refractivity (Wildman–Crippen MR) is 21.3 cm³/mol. The third kappa shape index (κ3) is 15.7. The fourth-order valence-electron chi connectivity index (χ4n) is 0. The Morgan fingerprint density at radius 2 is 1.62 bits per heavy atom. The zero-order valence-electron chi connectivity index (χ0n) is 7.16. The van der Waals surface area contributed by atoms with E-state index < -0.39 is 7.82 Å². The van der Waals surface area contributed by atoms with E-state index in [-0.39, 0.29) is 62.0 Å².